The average molecular weight is 580 g/mol. The summed E-state index contributed by atoms with van der Waals surface area (Å²) < 4.78 is 55.1. The molecule has 0 amide bonds. The van der Waals surface area contributed by atoms with Gasteiger partial charge in [-0.1, -0.05) is 24.3 Å². The number of anilines is 1. The number of benzene rings is 3. The molecule has 11 heteroatoms. The predicted molar refractivity (Wildman–Crippen MR) is 159 cm³/mol. The lowest BCUT2D eigenvalue weighted by atomic mass is 10.2. The summed E-state index contributed by atoms with van der Waals surface area (Å²) in [6.45, 7) is 4.25. The van der Waals surface area contributed by atoms with Crippen molar-refractivity contribution in [2.45, 2.75) is 18.7 Å². The Hall–Kier alpha value is -4.64. The zero-order valence-corrected chi connectivity index (χ0v) is 24.6. The summed E-state index contributed by atoms with van der Waals surface area (Å²) in [6, 6.07) is 14.5. The number of aromatic nitrogens is 2. The monoisotopic (exact) mass is 579 g/mol. The van der Waals surface area contributed by atoms with Crippen LogP contribution in [-0.2, 0) is 24.1 Å². The van der Waals surface area contributed by atoms with Crippen molar-refractivity contribution in [3.05, 3.63) is 88.9 Å². The predicted octanol–water partition coefficient (Wildman–Crippen LogP) is 5.39. The molecule has 1 aromatic heterocycles. The Morgan fingerprint density at radius 1 is 0.878 bits per heavy atom. The van der Waals surface area contributed by atoms with Gasteiger partial charge in [-0.15, -0.1) is 0 Å². The Labute approximate surface area is 239 Å². The number of nitrogens with one attached hydrogen (secondary N) is 1. The zero-order valence-electron chi connectivity index (χ0n) is 23.8. The molecule has 0 radical (unpaired) electrons. The maximum absolute atomic E-state index is 13.5. The third-order valence-electron chi connectivity index (χ3n) is 6.47. The third kappa shape index (κ3) is 6.25. The van der Waals surface area contributed by atoms with E-state index in [2.05, 4.69) is 4.72 Å². The van der Waals surface area contributed by atoms with Crippen molar-refractivity contribution >= 4 is 26.7 Å². The molecule has 216 valence electrons. The van der Waals surface area contributed by atoms with Gasteiger partial charge in [-0.05, 0) is 49.8 Å². The third-order valence-corrected chi connectivity index (χ3v) is 7.84. The lowest BCUT2D eigenvalue weighted by Gasteiger charge is -2.16. The van der Waals surface area contributed by atoms with E-state index in [1.54, 1.807) is 50.5 Å². The van der Waals surface area contributed by atoms with Gasteiger partial charge in [-0.3, -0.25) is 13.9 Å². The van der Waals surface area contributed by atoms with Gasteiger partial charge in [-0.2, -0.15) is 0 Å². The summed E-state index contributed by atoms with van der Waals surface area (Å²) in [7, 11) is 2.05. The van der Waals surface area contributed by atoms with E-state index in [-0.39, 0.29) is 27.8 Å². The largest absolute Gasteiger partial charge is 0.493 e. The number of ether oxygens (including phenoxy) is 4. The van der Waals surface area contributed by atoms with Crippen LogP contribution in [0.4, 0.5) is 5.69 Å². The zero-order chi connectivity index (χ0) is 29.7. The summed E-state index contributed by atoms with van der Waals surface area (Å²) >= 11 is 0. The number of methoxy groups -OCH3 is 2. The second kappa shape index (κ2) is 12.3. The van der Waals surface area contributed by atoms with E-state index in [1.165, 1.54) is 41.6 Å². The maximum atomic E-state index is 13.5. The molecular weight excluding hydrogens is 546 g/mol. The van der Waals surface area contributed by atoms with Crippen molar-refractivity contribution < 1.29 is 27.4 Å². The van der Waals surface area contributed by atoms with Crippen LogP contribution in [0.2, 0.25) is 0 Å². The summed E-state index contributed by atoms with van der Waals surface area (Å²) in [5.41, 5.74) is 1.99. The van der Waals surface area contributed by atoms with Crippen molar-refractivity contribution in [3.8, 4) is 28.7 Å². The highest BCUT2D eigenvalue weighted by atomic mass is 32.2. The molecule has 0 bridgehead atoms. The lowest BCUT2D eigenvalue weighted by molar-refractivity contribution is 0.353. The maximum Gasteiger partial charge on any atom is 0.328 e. The van der Waals surface area contributed by atoms with Crippen molar-refractivity contribution in [2.24, 2.45) is 14.1 Å². The van der Waals surface area contributed by atoms with Crippen LogP contribution < -0.4 is 29.4 Å². The number of hydrogen-bond acceptors (Lipinski definition) is 7. The van der Waals surface area contributed by atoms with Crippen molar-refractivity contribution in [2.75, 3.05) is 25.5 Å². The molecule has 0 spiro atoms. The highest BCUT2D eigenvalue weighted by Crippen LogP contribution is 2.37. The summed E-state index contributed by atoms with van der Waals surface area (Å²) in [5, 5.41) is 0. The van der Waals surface area contributed by atoms with Gasteiger partial charge in [0.1, 0.15) is 18.1 Å². The molecule has 10 nitrogen and oxygen atoms in total. The first kappa shape index (κ1) is 29.3. The van der Waals surface area contributed by atoms with E-state index in [0.717, 1.165) is 5.57 Å². The number of nitrogens with zero attached hydrogens (tertiary/aromatic N) is 2. The van der Waals surface area contributed by atoms with E-state index in [0.29, 0.717) is 34.9 Å². The first-order chi connectivity index (χ1) is 19.6. The minimum atomic E-state index is -4.10. The first-order valence-corrected chi connectivity index (χ1v) is 14.2. The fraction of sp³-hybridized carbons (Fsp3) is 0.233. The molecule has 1 N–H and O–H groups in total. The Morgan fingerprint density at radius 2 is 1.56 bits per heavy atom. The van der Waals surface area contributed by atoms with Crippen LogP contribution in [0.5, 0.6) is 28.7 Å². The van der Waals surface area contributed by atoms with Crippen LogP contribution >= 0.6 is 0 Å². The van der Waals surface area contributed by atoms with Gasteiger partial charge in [0, 0.05) is 32.3 Å². The van der Waals surface area contributed by atoms with E-state index in [4.69, 9.17) is 18.9 Å². The SMILES string of the molecule is C/C=C\C(=C/C)COc1cccc(Oc2cc3c(cc2NS(=O)(=O)c2ccc(OC)c(OC)c2)n(C)c(=O)n3C)c1. The quantitative estimate of drug-likeness (QED) is 0.237. The normalized spacial score (nSPS) is 12.1. The van der Waals surface area contributed by atoms with Crippen LogP contribution in [0.15, 0.2) is 88.1 Å². The number of sulfonamides is 1. The van der Waals surface area contributed by atoms with Gasteiger partial charge in [0.25, 0.3) is 10.0 Å². The molecule has 0 saturated heterocycles. The number of allylic oxidation sites excluding steroid dienone is 2. The molecule has 0 atom stereocenters. The van der Waals surface area contributed by atoms with E-state index >= 15 is 0 Å². The summed E-state index contributed by atoms with van der Waals surface area (Å²) in [6.07, 6.45) is 5.88. The standard InChI is InChI=1S/C30H33N3O7S/c1-7-10-20(8-2)19-39-21-11-9-12-22(15-21)40-28-18-26-25(32(3)30(34)33(26)4)17-24(28)31-41(35,36)23-13-14-27(37-5)29(16-23)38-6/h7-18,31H,19H2,1-6H3/b10-7-,20-8+. The molecule has 1 heterocycles. The number of imidazole rings is 1. The van der Waals surface area contributed by atoms with Crippen molar-refractivity contribution in [3.63, 3.8) is 0 Å². The Morgan fingerprint density at radius 3 is 2.22 bits per heavy atom. The molecule has 0 fully saturated rings. The fourth-order valence-electron chi connectivity index (χ4n) is 4.24. The van der Waals surface area contributed by atoms with Crippen LogP contribution in [0.1, 0.15) is 13.8 Å². The molecule has 4 aromatic rings. The Kier molecular flexibility index (Phi) is 8.77. The van der Waals surface area contributed by atoms with Gasteiger partial charge in [-0.25, -0.2) is 13.2 Å². The van der Waals surface area contributed by atoms with E-state index < -0.39 is 10.0 Å². The molecule has 0 aliphatic carbocycles. The second-order valence-electron chi connectivity index (χ2n) is 9.09. The van der Waals surface area contributed by atoms with Crippen LogP contribution in [0.3, 0.4) is 0 Å². The summed E-state index contributed by atoms with van der Waals surface area (Å²) in [4.78, 5) is 12.6. The van der Waals surface area contributed by atoms with E-state index in [1.807, 2.05) is 32.1 Å². The highest BCUT2D eigenvalue weighted by molar-refractivity contribution is 7.92. The van der Waals surface area contributed by atoms with Gasteiger partial charge >= 0.3 is 5.69 Å². The first-order valence-electron chi connectivity index (χ1n) is 12.7. The lowest BCUT2D eigenvalue weighted by Crippen LogP contribution is -2.19. The second-order valence-corrected chi connectivity index (χ2v) is 10.8. The molecule has 0 unspecified atom stereocenters. The molecule has 0 aliphatic rings. The smallest absolute Gasteiger partial charge is 0.328 e. The average Bonchev–Trinajstić information content (AvgIpc) is 3.17. The minimum Gasteiger partial charge on any atom is -0.493 e. The van der Waals surface area contributed by atoms with Gasteiger partial charge in [0.2, 0.25) is 0 Å². The van der Waals surface area contributed by atoms with Crippen molar-refractivity contribution in [1.82, 2.24) is 9.13 Å². The molecule has 0 aliphatic heterocycles. The van der Waals surface area contributed by atoms with Crippen LogP contribution in [-0.4, -0.2) is 38.4 Å². The van der Waals surface area contributed by atoms with Crippen molar-refractivity contribution in [1.29, 1.82) is 0 Å². The van der Waals surface area contributed by atoms with Crippen LogP contribution in [0.25, 0.3) is 11.0 Å². The van der Waals surface area contributed by atoms with Crippen LogP contribution in [0, 0.1) is 0 Å². The molecule has 41 heavy (non-hydrogen) atoms. The number of fused-ring (bicyclic) bond motifs is 1. The van der Waals surface area contributed by atoms with Gasteiger partial charge < -0.3 is 18.9 Å². The summed E-state index contributed by atoms with van der Waals surface area (Å²) in [5.74, 6) is 1.85. The molecule has 3 aromatic carbocycles. The Balaban J connectivity index is 1.74. The Bertz CT molecular complexity index is 1800. The topological polar surface area (TPSA) is 110 Å². The number of hydrogen-bond donors (Lipinski definition) is 1. The fourth-order valence-corrected chi connectivity index (χ4v) is 5.32. The highest BCUT2D eigenvalue weighted by Gasteiger charge is 2.22. The van der Waals surface area contributed by atoms with E-state index in [9.17, 15) is 13.2 Å². The number of rotatable bonds is 11. The number of aryl methyl sites for hydroxylation is 2. The molecular formula is C30H33N3O7S. The van der Waals surface area contributed by atoms with Gasteiger partial charge in [0.15, 0.2) is 17.2 Å². The minimum absolute atomic E-state index is 0.0422. The molecule has 0 saturated carbocycles. The van der Waals surface area contributed by atoms with Gasteiger partial charge in [0.05, 0.1) is 35.8 Å². The molecule has 4 rings (SSSR count).